The fourth-order valence-electron chi connectivity index (χ4n) is 1.49. The van der Waals surface area contributed by atoms with E-state index in [0.29, 0.717) is 19.0 Å². The SMILES string of the molecule is C=C/C=C\OC/C=C/C(=C)/C=C\NC(=O)C1=CC(C)CO1. The molecule has 1 N–H and O–H groups in total. The van der Waals surface area contributed by atoms with Gasteiger partial charge in [-0.05, 0) is 29.9 Å². The van der Waals surface area contributed by atoms with Crippen LogP contribution in [0.1, 0.15) is 6.92 Å². The Hall–Kier alpha value is -2.49. The number of ether oxygens (including phenoxy) is 2. The number of nitrogens with one attached hydrogen (secondary N) is 1. The van der Waals surface area contributed by atoms with E-state index in [1.54, 1.807) is 36.8 Å². The summed E-state index contributed by atoms with van der Waals surface area (Å²) in [5, 5.41) is 2.63. The lowest BCUT2D eigenvalue weighted by Gasteiger charge is -2.01. The van der Waals surface area contributed by atoms with Crippen molar-refractivity contribution >= 4 is 5.91 Å². The minimum absolute atomic E-state index is 0.245. The summed E-state index contributed by atoms with van der Waals surface area (Å²) in [6, 6.07) is 0. The number of amides is 1. The van der Waals surface area contributed by atoms with Gasteiger partial charge in [-0.2, -0.15) is 0 Å². The maximum Gasteiger partial charge on any atom is 0.289 e. The first-order valence-corrected chi connectivity index (χ1v) is 6.70. The number of hydrogen-bond acceptors (Lipinski definition) is 3. The Balaban J connectivity index is 2.26. The Kier molecular flexibility index (Phi) is 7.43. The van der Waals surface area contributed by atoms with Gasteiger partial charge in [-0.25, -0.2) is 0 Å². The van der Waals surface area contributed by atoms with Crippen LogP contribution in [0.4, 0.5) is 0 Å². The predicted octanol–water partition coefficient (Wildman–Crippen LogP) is 3.00. The zero-order valence-corrected chi connectivity index (χ0v) is 12.2. The van der Waals surface area contributed by atoms with Crippen LogP contribution >= 0.6 is 0 Å². The van der Waals surface area contributed by atoms with Crippen molar-refractivity contribution in [2.24, 2.45) is 5.92 Å². The topological polar surface area (TPSA) is 47.6 Å². The molecule has 0 bridgehead atoms. The van der Waals surface area contributed by atoms with Crippen LogP contribution < -0.4 is 5.32 Å². The molecule has 0 spiro atoms. The van der Waals surface area contributed by atoms with Crippen molar-refractivity contribution in [2.45, 2.75) is 6.92 Å². The molecule has 1 heterocycles. The van der Waals surface area contributed by atoms with Crippen LogP contribution in [-0.2, 0) is 14.3 Å². The van der Waals surface area contributed by atoms with Gasteiger partial charge in [-0.3, -0.25) is 4.79 Å². The van der Waals surface area contributed by atoms with Gasteiger partial charge >= 0.3 is 0 Å². The van der Waals surface area contributed by atoms with E-state index in [9.17, 15) is 4.79 Å². The van der Waals surface area contributed by atoms with Crippen molar-refractivity contribution < 1.29 is 14.3 Å². The molecule has 0 saturated carbocycles. The summed E-state index contributed by atoms with van der Waals surface area (Å²) in [4.78, 5) is 11.7. The van der Waals surface area contributed by atoms with Gasteiger partial charge in [0.2, 0.25) is 0 Å². The zero-order chi connectivity index (χ0) is 15.5. The Morgan fingerprint density at radius 2 is 2.38 bits per heavy atom. The number of carbonyl (C=O) groups excluding carboxylic acids is 1. The van der Waals surface area contributed by atoms with E-state index >= 15 is 0 Å². The molecule has 1 rings (SSSR count). The third-order valence-electron chi connectivity index (χ3n) is 2.51. The lowest BCUT2D eigenvalue weighted by molar-refractivity contribution is -0.119. The third kappa shape index (κ3) is 7.01. The number of carbonyl (C=O) groups is 1. The molecule has 112 valence electrons. The fourth-order valence-corrected chi connectivity index (χ4v) is 1.49. The maximum absolute atomic E-state index is 11.7. The zero-order valence-electron chi connectivity index (χ0n) is 12.2. The van der Waals surface area contributed by atoms with E-state index < -0.39 is 0 Å². The molecule has 4 nitrogen and oxygen atoms in total. The fraction of sp³-hybridized carbons (Fsp3) is 0.235. The predicted molar refractivity (Wildman–Crippen MR) is 84.1 cm³/mol. The minimum Gasteiger partial charge on any atom is -0.497 e. The first kappa shape index (κ1) is 16.6. The van der Waals surface area contributed by atoms with Crippen LogP contribution in [0.2, 0.25) is 0 Å². The molecule has 0 aliphatic carbocycles. The molecule has 1 aliphatic rings. The van der Waals surface area contributed by atoms with Gasteiger partial charge in [0.25, 0.3) is 5.91 Å². The molecular weight excluding hydrogens is 266 g/mol. The van der Waals surface area contributed by atoms with Crippen LogP contribution in [0.25, 0.3) is 0 Å². The van der Waals surface area contributed by atoms with Gasteiger partial charge in [-0.1, -0.05) is 32.2 Å². The molecule has 21 heavy (non-hydrogen) atoms. The monoisotopic (exact) mass is 287 g/mol. The third-order valence-corrected chi connectivity index (χ3v) is 2.51. The van der Waals surface area contributed by atoms with Crippen molar-refractivity contribution in [3.63, 3.8) is 0 Å². The van der Waals surface area contributed by atoms with Crippen molar-refractivity contribution in [1.29, 1.82) is 0 Å². The van der Waals surface area contributed by atoms with E-state index in [4.69, 9.17) is 9.47 Å². The highest BCUT2D eigenvalue weighted by Gasteiger charge is 2.18. The van der Waals surface area contributed by atoms with Crippen LogP contribution in [0, 0.1) is 5.92 Å². The molecule has 1 unspecified atom stereocenters. The molecule has 0 saturated heterocycles. The molecule has 1 aliphatic heterocycles. The van der Waals surface area contributed by atoms with Crippen LogP contribution in [0.3, 0.4) is 0 Å². The quantitative estimate of drug-likeness (QED) is 0.424. The summed E-state index contributed by atoms with van der Waals surface area (Å²) >= 11 is 0. The molecule has 1 amide bonds. The highest BCUT2D eigenvalue weighted by Crippen LogP contribution is 2.14. The summed E-state index contributed by atoms with van der Waals surface area (Å²) in [5.41, 5.74) is 0.751. The second kappa shape index (κ2) is 9.42. The van der Waals surface area contributed by atoms with Crippen molar-refractivity contribution in [3.05, 3.63) is 73.4 Å². The number of hydrogen-bond donors (Lipinski definition) is 1. The van der Waals surface area contributed by atoms with Crippen molar-refractivity contribution in [3.8, 4) is 0 Å². The number of allylic oxidation sites excluding steroid dienone is 5. The van der Waals surface area contributed by atoms with Gasteiger partial charge in [0.05, 0.1) is 12.9 Å². The lowest BCUT2D eigenvalue weighted by atomic mass is 10.2. The summed E-state index contributed by atoms with van der Waals surface area (Å²) in [5.74, 6) is 0.406. The summed E-state index contributed by atoms with van der Waals surface area (Å²) in [7, 11) is 0. The second-order valence-corrected chi connectivity index (χ2v) is 4.50. The molecule has 0 fully saturated rings. The van der Waals surface area contributed by atoms with Crippen molar-refractivity contribution in [1.82, 2.24) is 5.32 Å². The second-order valence-electron chi connectivity index (χ2n) is 4.50. The average Bonchev–Trinajstić information content (AvgIpc) is 2.89. The van der Waals surface area contributed by atoms with E-state index in [2.05, 4.69) is 18.5 Å². The smallest absolute Gasteiger partial charge is 0.289 e. The maximum atomic E-state index is 11.7. The standard InChI is InChI=1S/C17H21NO3/c1-4-5-10-20-11-6-7-14(2)8-9-18-17(19)16-12-15(3)13-21-16/h4-10,12,15H,1-2,11,13H2,3H3,(H,18,19)/b7-6+,9-8-,10-5-. The molecule has 0 aromatic heterocycles. The Bertz CT molecular complexity index is 498. The van der Waals surface area contributed by atoms with Crippen LogP contribution in [0.15, 0.2) is 73.4 Å². The molecule has 0 aromatic carbocycles. The van der Waals surface area contributed by atoms with E-state index in [0.717, 1.165) is 5.57 Å². The summed E-state index contributed by atoms with van der Waals surface area (Å²) in [6.45, 7) is 10.4. The lowest BCUT2D eigenvalue weighted by Crippen LogP contribution is -2.19. The molecular formula is C17H21NO3. The Morgan fingerprint density at radius 3 is 3.05 bits per heavy atom. The highest BCUT2D eigenvalue weighted by molar-refractivity contribution is 5.92. The molecule has 0 radical (unpaired) electrons. The van der Waals surface area contributed by atoms with E-state index in [-0.39, 0.29) is 11.8 Å². The first-order chi connectivity index (χ1) is 10.1. The highest BCUT2D eigenvalue weighted by atomic mass is 16.5. The summed E-state index contributed by atoms with van der Waals surface area (Å²) < 4.78 is 10.4. The molecule has 1 atom stereocenters. The molecule has 0 aromatic rings. The van der Waals surface area contributed by atoms with Gasteiger partial charge in [0.15, 0.2) is 5.76 Å². The van der Waals surface area contributed by atoms with Crippen LogP contribution in [0.5, 0.6) is 0 Å². The van der Waals surface area contributed by atoms with Gasteiger partial charge < -0.3 is 14.8 Å². The van der Waals surface area contributed by atoms with Gasteiger partial charge in [0, 0.05) is 12.1 Å². The van der Waals surface area contributed by atoms with E-state index in [1.165, 1.54) is 0 Å². The minimum atomic E-state index is -0.245. The Morgan fingerprint density at radius 1 is 1.57 bits per heavy atom. The largest absolute Gasteiger partial charge is 0.497 e. The average molecular weight is 287 g/mol. The van der Waals surface area contributed by atoms with Crippen LogP contribution in [-0.4, -0.2) is 19.1 Å². The molecule has 4 heteroatoms. The number of rotatable bonds is 8. The van der Waals surface area contributed by atoms with Gasteiger partial charge in [-0.15, -0.1) is 0 Å². The van der Waals surface area contributed by atoms with Crippen molar-refractivity contribution in [2.75, 3.05) is 13.2 Å². The van der Waals surface area contributed by atoms with Gasteiger partial charge in [0.1, 0.15) is 6.61 Å². The Labute approximate surface area is 125 Å². The normalized spacial score (nSPS) is 18.0. The summed E-state index contributed by atoms with van der Waals surface area (Å²) in [6.07, 6.45) is 13.6. The van der Waals surface area contributed by atoms with E-state index in [1.807, 2.05) is 19.1 Å². The first-order valence-electron chi connectivity index (χ1n) is 6.70.